The van der Waals surface area contributed by atoms with Crippen LogP contribution < -0.4 is 5.32 Å². The van der Waals surface area contributed by atoms with Gasteiger partial charge >= 0.3 is 0 Å². The van der Waals surface area contributed by atoms with Crippen molar-refractivity contribution in [3.63, 3.8) is 0 Å². The highest BCUT2D eigenvalue weighted by molar-refractivity contribution is 5.76. The van der Waals surface area contributed by atoms with E-state index in [9.17, 15) is 15.0 Å². The standard InChI is InChI=1S/C34H65NO3/c1-3-5-7-9-11-13-15-16-17-18-19-20-21-23-25-27-29-33(37)32(31-36)35-34(38)30-28-26-24-22-14-12-10-8-6-4-2/h23,25,27,29,32-33,36-37H,3-22,24,26,28,30-31H2,1-2H3,(H,35,38). The van der Waals surface area contributed by atoms with E-state index in [0.717, 1.165) is 19.3 Å². The minimum Gasteiger partial charge on any atom is -0.394 e. The molecule has 0 radical (unpaired) electrons. The lowest BCUT2D eigenvalue weighted by Crippen LogP contribution is -2.45. The van der Waals surface area contributed by atoms with Gasteiger partial charge in [0.1, 0.15) is 0 Å². The predicted octanol–water partition coefficient (Wildman–Crippen LogP) is 9.34. The van der Waals surface area contributed by atoms with Crippen molar-refractivity contribution in [2.24, 2.45) is 0 Å². The first kappa shape index (κ1) is 36.9. The summed E-state index contributed by atoms with van der Waals surface area (Å²) in [6, 6.07) is -0.647. The number of aliphatic hydroxyl groups excluding tert-OH is 2. The number of amides is 1. The van der Waals surface area contributed by atoms with Gasteiger partial charge in [0, 0.05) is 6.42 Å². The molecular formula is C34H65NO3. The van der Waals surface area contributed by atoms with Crippen LogP contribution in [0.15, 0.2) is 24.3 Å². The first-order valence-electron chi connectivity index (χ1n) is 16.6. The van der Waals surface area contributed by atoms with Crippen molar-refractivity contribution < 1.29 is 15.0 Å². The number of allylic oxidation sites excluding steroid dienone is 3. The van der Waals surface area contributed by atoms with Gasteiger partial charge in [0.2, 0.25) is 5.91 Å². The molecular weight excluding hydrogens is 470 g/mol. The van der Waals surface area contributed by atoms with Crippen molar-refractivity contribution >= 4 is 5.91 Å². The Hall–Kier alpha value is -1.13. The van der Waals surface area contributed by atoms with E-state index in [1.165, 1.54) is 128 Å². The second-order valence-corrected chi connectivity index (χ2v) is 11.3. The highest BCUT2D eigenvalue weighted by Gasteiger charge is 2.17. The van der Waals surface area contributed by atoms with E-state index in [0.29, 0.717) is 6.42 Å². The Morgan fingerprint density at radius 2 is 1.05 bits per heavy atom. The lowest BCUT2D eigenvalue weighted by molar-refractivity contribution is -0.123. The van der Waals surface area contributed by atoms with Crippen LogP contribution in [0.4, 0.5) is 0 Å². The van der Waals surface area contributed by atoms with Gasteiger partial charge in [-0.1, -0.05) is 167 Å². The molecule has 224 valence electrons. The van der Waals surface area contributed by atoms with Gasteiger partial charge in [0.05, 0.1) is 18.8 Å². The van der Waals surface area contributed by atoms with Gasteiger partial charge in [-0.15, -0.1) is 0 Å². The maximum absolute atomic E-state index is 12.2. The second-order valence-electron chi connectivity index (χ2n) is 11.3. The van der Waals surface area contributed by atoms with Crippen LogP contribution in [0.1, 0.15) is 168 Å². The molecule has 4 heteroatoms. The fraction of sp³-hybridized carbons (Fsp3) is 0.853. The number of carbonyl (C=O) groups excluding carboxylic acids is 1. The Morgan fingerprint density at radius 3 is 1.50 bits per heavy atom. The van der Waals surface area contributed by atoms with Crippen molar-refractivity contribution in [2.75, 3.05) is 6.61 Å². The van der Waals surface area contributed by atoms with Crippen LogP contribution in [0.2, 0.25) is 0 Å². The predicted molar refractivity (Wildman–Crippen MR) is 165 cm³/mol. The fourth-order valence-corrected chi connectivity index (χ4v) is 4.88. The Bertz CT molecular complexity index is 546. The molecule has 0 fully saturated rings. The molecule has 0 aromatic rings. The minimum absolute atomic E-state index is 0.0846. The summed E-state index contributed by atoms with van der Waals surface area (Å²) in [6.45, 7) is 4.25. The van der Waals surface area contributed by atoms with E-state index < -0.39 is 12.1 Å². The molecule has 0 bridgehead atoms. The normalized spacial score (nSPS) is 13.5. The van der Waals surface area contributed by atoms with Crippen LogP contribution in [0.3, 0.4) is 0 Å². The quantitative estimate of drug-likeness (QED) is 0.0660. The fourth-order valence-electron chi connectivity index (χ4n) is 4.88. The monoisotopic (exact) mass is 535 g/mol. The van der Waals surface area contributed by atoms with Gasteiger partial charge in [0.15, 0.2) is 0 Å². The highest BCUT2D eigenvalue weighted by Crippen LogP contribution is 2.13. The molecule has 0 rings (SSSR count). The summed E-state index contributed by atoms with van der Waals surface area (Å²) in [6.07, 6.45) is 36.9. The summed E-state index contributed by atoms with van der Waals surface area (Å²) >= 11 is 0. The zero-order valence-electron chi connectivity index (χ0n) is 25.4. The number of hydrogen-bond acceptors (Lipinski definition) is 3. The third-order valence-corrected chi connectivity index (χ3v) is 7.49. The zero-order valence-corrected chi connectivity index (χ0v) is 25.4. The third kappa shape index (κ3) is 26.5. The van der Waals surface area contributed by atoms with Crippen LogP contribution >= 0.6 is 0 Å². The summed E-state index contributed by atoms with van der Waals surface area (Å²) < 4.78 is 0. The smallest absolute Gasteiger partial charge is 0.220 e. The van der Waals surface area contributed by atoms with Crippen LogP contribution in [0.5, 0.6) is 0 Å². The van der Waals surface area contributed by atoms with E-state index in [1.807, 2.05) is 12.2 Å². The van der Waals surface area contributed by atoms with Crippen LogP contribution in [0.25, 0.3) is 0 Å². The van der Waals surface area contributed by atoms with Crippen molar-refractivity contribution in [2.45, 2.75) is 180 Å². The van der Waals surface area contributed by atoms with Gasteiger partial charge in [-0.2, -0.15) is 0 Å². The number of nitrogens with one attached hydrogen (secondary N) is 1. The SMILES string of the molecule is CCCCCCCCCCCCCCC=CC=CC(O)C(CO)NC(=O)CCCCCCCCCCCC. The average Bonchev–Trinajstić information content (AvgIpc) is 2.92. The summed E-state index contributed by atoms with van der Waals surface area (Å²) in [5, 5.41) is 22.7. The second kappa shape index (κ2) is 30.4. The first-order chi connectivity index (χ1) is 18.7. The molecule has 0 saturated heterocycles. The molecule has 0 aliphatic rings. The Labute approximate surface area is 237 Å². The van der Waals surface area contributed by atoms with E-state index in [1.54, 1.807) is 6.08 Å². The van der Waals surface area contributed by atoms with Gasteiger partial charge in [-0.3, -0.25) is 4.79 Å². The molecule has 0 aliphatic heterocycles. The van der Waals surface area contributed by atoms with E-state index in [4.69, 9.17) is 0 Å². The van der Waals surface area contributed by atoms with Crippen molar-refractivity contribution in [1.29, 1.82) is 0 Å². The maximum atomic E-state index is 12.2. The summed E-state index contributed by atoms with van der Waals surface area (Å²) in [5.41, 5.74) is 0. The molecule has 0 spiro atoms. The third-order valence-electron chi connectivity index (χ3n) is 7.49. The van der Waals surface area contributed by atoms with Crippen molar-refractivity contribution in [3.8, 4) is 0 Å². The van der Waals surface area contributed by atoms with E-state index in [2.05, 4.69) is 25.2 Å². The van der Waals surface area contributed by atoms with Crippen molar-refractivity contribution in [1.82, 2.24) is 5.32 Å². The molecule has 2 unspecified atom stereocenters. The Balaban J connectivity index is 3.71. The molecule has 4 nitrogen and oxygen atoms in total. The molecule has 0 aromatic carbocycles. The van der Waals surface area contributed by atoms with Crippen LogP contribution in [-0.4, -0.2) is 34.9 Å². The average molecular weight is 536 g/mol. The molecule has 1 amide bonds. The lowest BCUT2D eigenvalue weighted by atomic mass is 10.0. The number of rotatable bonds is 29. The number of hydrogen-bond donors (Lipinski definition) is 3. The molecule has 0 saturated carbocycles. The van der Waals surface area contributed by atoms with Gasteiger partial charge < -0.3 is 15.5 Å². The van der Waals surface area contributed by atoms with Crippen LogP contribution in [0, 0.1) is 0 Å². The highest BCUT2D eigenvalue weighted by atomic mass is 16.3. The molecule has 0 aromatic heterocycles. The van der Waals surface area contributed by atoms with Gasteiger partial charge in [-0.05, 0) is 19.3 Å². The summed E-state index contributed by atoms with van der Waals surface area (Å²) in [7, 11) is 0. The number of unbranched alkanes of at least 4 members (excludes halogenated alkanes) is 21. The number of aliphatic hydroxyl groups is 2. The molecule has 3 N–H and O–H groups in total. The Kier molecular flexibility index (Phi) is 29.5. The van der Waals surface area contributed by atoms with Crippen LogP contribution in [-0.2, 0) is 4.79 Å². The topological polar surface area (TPSA) is 69.6 Å². The summed E-state index contributed by atoms with van der Waals surface area (Å²) in [5.74, 6) is -0.0846. The van der Waals surface area contributed by atoms with Crippen molar-refractivity contribution in [3.05, 3.63) is 24.3 Å². The lowest BCUT2D eigenvalue weighted by Gasteiger charge is -2.19. The number of carbonyl (C=O) groups is 1. The molecule has 0 heterocycles. The minimum atomic E-state index is -0.882. The van der Waals surface area contributed by atoms with E-state index in [-0.39, 0.29) is 12.5 Å². The van der Waals surface area contributed by atoms with Gasteiger partial charge in [0.25, 0.3) is 0 Å². The van der Waals surface area contributed by atoms with Gasteiger partial charge in [-0.25, -0.2) is 0 Å². The zero-order chi connectivity index (χ0) is 27.9. The largest absolute Gasteiger partial charge is 0.394 e. The first-order valence-corrected chi connectivity index (χ1v) is 16.6. The molecule has 38 heavy (non-hydrogen) atoms. The summed E-state index contributed by atoms with van der Waals surface area (Å²) in [4.78, 5) is 12.2. The van der Waals surface area contributed by atoms with E-state index >= 15 is 0 Å². The molecule has 2 atom stereocenters. The molecule has 0 aliphatic carbocycles. The maximum Gasteiger partial charge on any atom is 0.220 e. The Morgan fingerprint density at radius 1 is 0.632 bits per heavy atom.